The summed E-state index contributed by atoms with van der Waals surface area (Å²) >= 11 is 5.04. The molecule has 62 valence electrons. The van der Waals surface area contributed by atoms with Gasteiger partial charge in [-0.3, -0.25) is 0 Å². The molecule has 0 saturated carbocycles. The Morgan fingerprint density at radius 2 is 2.36 bits per heavy atom. The highest BCUT2D eigenvalue weighted by molar-refractivity contribution is 7.80. The molecule has 0 aromatic rings. The molecule has 0 rings (SSSR count). The highest BCUT2D eigenvalue weighted by Crippen LogP contribution is 1.93. The average Bonchev–Trinajstić information content (AvgIpc) is 2.02. The van der Waals surface area contributed by atoms with Crippen LogP contribution >= 0.6 is 12.2 Å². The quantitative estimate of drug-likeness (QED) is 0.488. The summed E-state index contributed by atoms with van der Waals surface area (Å²) in [5.74, 6) is 2.60. The van der Waals surface area contributed by atoms with Crippen molar-refractivity contribution in [3.05, 3.63) is 0 Å². The number of rotatable bonds is 2. The van der Waals surface area contributed by atoms with Crippen molar-refractivity contribution < 1.29 is 0 Å². The van der Waals surface area contributed by atoms with Crippen LogP contribution in [0, 0.1) is 12.3 Å². The first kappa shape index (κ1) is 10.2. The summed E-state index contributed by atoms with van der Waals surface area (Å²) in [6.45, 7) is 4.77. The van der Waals surface area contributed by atoms with E-state index in [-0.39, 0.29) is 6.04 Å². The van der Waals surface area contributed by atoms with E-state index in [1.165, 1.54) is 0 Å². The second kappa shape index (κ2) is 4.97. The maximum atomic E-state index is 5.23. The summed E-state index contributed by atoms with van der Waals surface area (Å²) in [7, 11) is 1.88. The summed E-state index contributed by atoms with van der Waals surface area (Å²) in [5, 5.41) is 3.73. The van der Waals surface area contributed by atoms with Gasteiger partial charge in [-0.25, -0.2) is 0 Å². The summed E-state index contributed by atoms with van der Waals surface area (Å²) < 4.78 is 0. The van der Waals surface area contributed by atoms with Gasteiger partial charge in [0, 0.05) is 13.6 Å². The monoisotopic (exact) mass is 170 g/mol. The van der Waals surface area contributed by atoms with Gasteiger partial charge in [0.2, 0.25) is 0 Å². The Morgan fingerprint density at radius 1 is 1.82 bits per heavy atom. The van der Waals surface area contributed by atoms with Crippen LogP contribution in [0.2, 0.25) is 0 Å². The molecule has 0 saturated heterocycles. The molecule has 0 amide bonds. The molecule has 0 aromatic carbocycles. The van der Waals surface area contributed by atoms with Gasteiger partial charge in [-0.1, -0.05) is 5.92 Å². The zero-order chi connectivity index (χ0) is 8.85. The van der Waals surface area contributed by atoms with Gasteiger partial charge in [0.25, 0.3) is 0 Å². The van der Waals surface area contributed by atoms with Crippen LogP contribution in [0.3, 0.4) is 0 Å². The van der Waals surface area contributed by atoms with Crippen LogP contribution in [0.25, 0.3) is 0 Å². The predicted molar refractivity (Wildman–Crippen MR) is 52.3 cm³/mol. The molecule has 3 heteroatoms. The molecule has 1 unspecified atom stereocenters. The van der Waals surface area contributed by atoms with E-state index < -0.39 is 0 Å². The Bertz CT molecular complexity index is 171. The van der Waals surface area contributed by atoms with Crippen molar-refractivity contribution in [1.82, 2.24) is 10.2 Å². The topological polar surface area (TPSA) is 15.3 Å². The zero-order valence-electron chi connectivity index (χ0n) is 7.22. The first-order valence-corrected chi connectivity index (χ1v) is 4.01. The van der Waals surface area contributed by atoms with Gasteiger partial charge in [-0.15, -0.1) is 6.42 Å². The number of thiocarbonyl (C=S) groups is 1. The Hall–Kier alpha value is -0.750. The number of terminal acetylenes is 1. The summed E-state index contributed by atoms with van der Waals surface area (Å²) in [6.07, 6.45) is 5.23. The van der Waals surface area contributed by atoms with Gasteiger partial charge in [-0.05, 0) is 26.1 Å². The van der Waals surface area contributed by atoms with E-state index in [2.05, 4.69) is 11.2 Å². The minimum Gasteiger partial charge on any atom is -0.363 e. The molecule has 2 nitrogen and oxygen atoms in total. The van der Waals surface area contributed by atoms with Crippen LogP contribution in [0.5, 0.6) is 0 Å². The Balaban J connectivity index is 3.93. The van der Waals surface area contributed by atoms with Gasteiger partial charge < -0.3 is 10.2 Å². The number of hydrogen-bond donors (Lipinski definition) is 1. The second-order valence-electron chi connectivity index (χ2n) is 2.29. The first-order chi connectivity index (χ1) is 5.13. The highest BCUT2D eigenvalue weighted by atomic mass is 32.1. The smallest absolute Gasteiger partial charge is 0.169 e. The van der Waals surface area contributed by atoms with E-state index in [0.717, 1.165) is 6.54 Å². The molecule has 0 aliphatic carbocycles. The summed E-state index contributed by atoms with van der Waals surface area (Å²) in [5.41, 5.74) is 0. The molecule has 0 radical (unpaired) electrons. The molecule has 0 spiro atoms. The lowest BCUT2D eigenvalue weighted by Gasteiger charge is -2.23. The summed E-state index contributed by atoms with van der Waals surface area (Å²) in [6, 6.07) is 0.0570. The van der Waals surface area contributed by atoms with Crippen molar-refractivity contribution in [2.24, 2.45) is 0 Å². The molecule has 0 fully saturated rings. The molecule has 1 atom stereocenters. The fourth-order valence-corrected chi connectivity index (χ4v) is 0.866. The van der Waals surface area contributed by atoms with Gasteiger partial charge in [0.05, 0.1) is 6.04 Å². The highest BCUT2D eigenvalue weighted by Gasteiger charge is 2.07. The largest absolute Gasteiger partial charge is 0.363 e. The molecule has 11 heavy (non-hydrogen) atoms. The van der Waals surface area contributed by atoms with Crippen molar-refractivity contribution in [3.8, 4) is 12.3 Å². The van der Waals surface area contributed by atoms with E-state index in [4.69, 9.17) is 18.6 Å². The van der Waals surface area contributed by atoms with Gasteiger partial charge in [-0.2, -0.15) is 0 Å². The van der Waals surface area contributed by atoms with Gasteiger partial charge in [0.1, 0.15) is 0 Å². The molecular weight excluding hydrogens is 156 g/mol. The third-order valence-electron chi connectivity index (χ3n) is 1.47. The first-order valence-electron chi connectivity index (χ1n) is 3.60. The average molecular weight is 170 g/mol. The zero-order valence-corrected chi connectivity index (χ0v) is 8.03. The van der Waals surface area contributed by atoms with Gasteiger partial charge >= 0.3 is 0 Å². The van der Waals surface area contributed by atoms with Crippen molar-refractivity contribution in [3.63, 3.8) is 0 Å². The lowest BCUT2D eigenvalue weighted by molar-refractivity contribution is 0.456. The van der Waals surface area contributed by atoms with Crippen LogP contribution < -0.4 is 5.32 Å². The summed E-state index contributed by atoms with van der Waals surface area (Å²) in [4.78, 5) is 1.86. The van der Waals surface area contributed by atoms with Crippen LogP contribution in [0.1, 0.15) is 13.8 Å². The van der Waals surface area contributed by atoms with Crippen molar-refractivity contribution in [2.75, 3.05) is 13.6 Å². The van der Waals surface area contributed by atoms with Crippen LogP contribution in [0.15, 0.2) is 0 Å². The van der Waals surface area contributed by atoms with Crippen LogP contribution in [-0.2, 0) is 0 Å². The van der Waals surface area contributed by atoms with E-state index >= 15 is 0 Å². The Labute approximate surface area is 74.0 Å². The van der Waals surface area contributed by atoms with E-state index in [1.807, 2.05) is 25.8 Å². The maximum Gasteiger partial charge on any atom is 0.169 e. The molecule has 0 bridgehead atoms. The minimum atomic E-state index is 0.0570. The second-order valence-corrected chi connectivity index (χ2v) is 2.68. The standard InChI is InChI=1S/C8H14N2S/c1-5-7(3)10(4)8(11)9-6-2/h1,7H,6H2,2-4H3,(H,9,11). The minimum absolute atomic E-state index is 0.0570. The third kappa shape index (κ3) is 3.24. The van der Waals surface area contributed by atoms with Crippen molar-refractivity contribution >= 4 is 17.3 Å². The Kier molecular flexibility index (Phi) is 4.64. The lowest BCUT2D eigenvalue weighted by atomic mass is 10.3. The predicted octanol–water partition coefficient (Wildman–Crippen LogP) is 0.834. The molecule has 0 aliphatic rings. The van der Waals surface area contributed by atoms with Crippen molar-refractivity contribution in [2.45, 2.75) is 19.9 Å². The third-order valence-corrected chi connectivity index (χ3v) is 1.90. The number of nitrogens with zero attached hydrogens (tertiary/aromatic N) is 1. The van der Waals surface area contributed by atoms with Crippen LogP contribution in [0.4, 0.5) is 0 Å². The molecular formula is C8H14N2S. The number of hydrogen-bond acceptors (Lipinski definition) is 1. The van der Waals surface area contributed by atoms with E-state index in [1.54, 1.807) is 0 Å². The fraction of sp³-hybridized carbons (Fsp3) is 0.625. The van der Waals surface area contributed by atoms with Crippen molar-refractivity contribution in [1.29, 1.82) is 0 Å². The van der Waals surface area contributed by atoms with E-state index in [0.29, 0.717) is 5.11 Å². The molecule has 0 heterocycles. The molecule has 0 aliphatic heterocycles. The SMILES string of the molecule is C#CC(C)N(C)C(=S)NCC. The van der Waals surface area contributed by atoms with Crippen LogP contribution in [-0.4, -0.2) is 29.6 Å². The lowest BCUT2D eigenvalue weighted by Crippen LogP contribution is -2.41. The van der Waals surface area contributed by atoms with Gasteiger partial charge in [0.15, 0.2) is 5.11 Å². The Morgan fingerprint density at radius 3 is 2.73 bits per heavy atom. The maximum absolute atomic E-state index is 5.23. The molecule has 1 N–H and O–H groups in total. The normalized spacial score (nSPS) is 11.5. The fourth-order valence-electron chi connectivity index (χ4n) is 0.564. The number of nitrogens with one attached hydrogen (secondary N) is 1. The van der Waals surface area contributed by atoms with E-state index in [9.17, 15) is 0 Å². The molecule has 0 aromatic heterocycles.